The van der Waals surface area contributed by atoms with Crippen molar-refractivity contribution >= 4 is 46.0 Å². The smallest absolute Gasteiger partial charge is 0.198 e. The summed E-state index contributed by atoms with van der Waals surface area (Å²) in [6.07, 6.45) is 5.61. The van der Waals surface area contributed by atoms with Crippen molar-refractivity contribution in [2.45, 2.75) is 13.0 Å². The fourth-order valence-electron chi connectivity index (χ4n) is 5.11. The summed E-state index contributed by atoms with van der Waals surface area (Å²) in [5.41, 5.74) is 5.54. The van der Waals surface area contributed by atoms with Crippen LogP contribution < -0.4 is 10.3 Å². The number of aryl methyl sites for hydroxylation is 1. The lowest BCUT2D eigenvalue weighted by atomic mass is 9.92. The van der Waals surface area contributed by atoms with E-state index in [1.165, 1.54) is 0 Å². The van der Waals surface area contributed by atoms with Gasteiger partial charge in [-0.1, -0.05) is 41.9 Å². The Morgan fingerprint density at radius 3 is 2.58 bits per heavy atom. The first-order chi connectivity index (χ1) is 17.6. The Morgan fingerprint density at radius 1 is 0.944 bits per heavy atom. The Kier molecular flexibility index (Phi) is 4.53. The average molecular weight is 491 g/mol. The molecule has 4 heterocycles. The van der Waals surface area contributed by atoms with Crippen molar-refractivity contribution in [3.05, 3.63) is 123 Å². The van der Waals surface area contributed by atoms with Crippen LogP contribution in [0.15, 0.2) is 99.3 Å². The van der Waals surface area contributed by atoms with Crippen LogP contribution in [0.2, 0.25) is 5.02 Å². The largest absolute Gasteiger partial charge is 0.464 e. The molecule has 0 aliphatic carbocycles. The lowest BCUT2D eigenvalue weighted by molar-refractivity contribution is 0.585. The molecule has 0 saturated heterocycles. The number of rotatable bonds is 2. The van der Waals surface area contributed by atoms with Crippen molar-refractivity contribution in [3.63, 3.8) is 0 Å². The van der Waals surface area contributed by atoms with Crippen LogP contribution in [0.3, 0.4) is 0 Å². The number of hydrogen-bond donors (Lipinski definition) is 0. The Labute approximate surface area is 211 Å². The number of aliphatic imine (C=N–C) groups is 1. The zero-order chi connectivity index (χ0) is 24.4. The van der Waals surface area contributed by atoms with Gasteiger partial charge in [-0.15, -0.1) is 0 Å². The first-order valence-electron chi connectivity index (χ1n) is 11.6. The summed E-state index contributed by atoms with van der Waals surface area (Å²) >= 11 is 6.14. The van der Waals surface area contributed by atoms with Gasteiger partial charge in [0.1, 0.15) is 17.7 Å². The molecule has 2 aromatic heterocycles. The second kappa shape index (κ2) is 7.80. The second-order valence-corrected chi connectivity index (χ2v) is 9.30. The quantitative estimate of drug-likeness (QED) is 0.279. The molecule has 6 nitrogen and oxygen atoms in total. The van der Waals surface area contributed by atoms with Crippen molar-refractivity contribution in [3.8, 4) is 5.69 Å². The molecule has 36 heavy (non-hydrogen) atoms. The molecule has 1 atom stereocenters. The topological polar surface area (TPSA) is 63.6 Å². The predicted octanol–water partition coefficient (Wildman–Crippen LogP) is 6.61. The molecule has 0 unspecified atom stereocenters. The Morgan fingerprint density at radius 2 is 1.72 bits per heavy atom. The third kappa shape index (κ3) is 3.01. The number of benzene rings is 3. The molecular weight excluding hydrogens is 472 g/mol. The molecule has 0 spiro atoms. The normalized spacial score (nSPS) is 15.9. The third-order valence-electron chi connectivity index (χ3n) is 6.76. The first kappa shape index (κ1) is 20.9. The van der Waals surface area contributed by atoms with E-state index in [-0.39, 0.29) is 5.43 Å². The van der Waals surface area contributed by atoms with Crippen molar-refractivity contribution in [2.24, 2.45) is 4.99 Å². The molecule has 3 aromatic carbocycles. The van der Waals surface area contributed by atoms with Gasteiger partial charge >= 0.3 is 0 Å². The van der Waals surface area contributed by atoms with Gasteiger partial charge in [0, 0.05) is 10.6 Å². The van der Waals surface area contributed by atoms with Gasteiger partial charge in [0.2, 0.25) is 0 Å². The Hall–Kier alpha value is -4.42. The summed E-state index contributed by atoms with van der Waals surface area (Å²) in [5, 5.41) is 6.05. The van der Waals surface area contributed by atoms with Gasteiger partial charge in [0.25, 0.3) is 0 Å². The summed E-state index contributed by atoms with van der Waals surface area (Å²) < 4.78 is 7.79. The Balaban J connectivity index is 1.54. The summed E-state index contributed by atoms with van der Waals surface area (Å²) in [7, 11) is 0. The van der Waals surface area contributed by atoms with Crippen LogP contribution in [-0.2, 0) is 0 Å². The fraction of sp³-hybridized carbons (Fsp3) is 0.0690. The molecule has 0 fully saturated rings. The van der Waals surface area contributed by atoms with Crippen LogP contribution in [0.1, 0.15) is 28.4 Å². The molecular formula is C29H19ClN4O2. The number of aromatic nitrogens is 2. The number of anilines is 1. The maximum absolute atomic E-state index is 13.9. The second-order valence-electron chi connectivity index (χ2n) is 8.86. The van der Waals surface area contributed by atoms with E-state index in [0.29, 0.717) is 27.4 Å². The molecule has 0 N–H and O–H groups in total. The fourth-order valence-corrected chi connectivity index (χ4v) is 5.24. The number of fused-ring (bicyclic) bond motifs is 5. The molecule has 7 rings (SSSR count). The highest BCUT2D eigenvalue weighted by Crippen LogP contribution is 2.46. The minimum atomic E-state index is -0.472. The lowest BCUT2D eigenvalue weighted by Crippen LogP contribution is -2.40. The SMILES string of the molecule is Cc1nn(-c2ccc(Cl)cc2)c2c1[C@H](c1coc3ccccc3c1=O)N1C(=N2)C=Cc2ccccc21. The highest BCUT2D eigenvalue weighted by Gasteiger charge is 2.39. The monoisotopic (exact) mass is 490 g/mol. The van der Waals surface area contributed by atoms with Gasteiger partial charge in [-0.3, -0.25) is 4.79 Å². The van der Waals surface area contributed by atoms with Crippen LogP contribution in [-0.4, -0.2) is 15.6 Å². The van der Waals surface area contributed by atoms with E-state index >= 15 is 0 Å². The van der Waals surface area contributed by atoms with Crippen molar-refractivity contribution < 1.29 is 4.42 Å². The zero-order valence-electron chi connectivity index (χ0n) is 19.2. The van der Waals surface area contributed by atoms with Crippen molar-refractivity contribution in [2.75, 3.05) is 4.90 Å². The number of para-hydroxylation sites is 2. The van der Waals surface area contributed by atoms with E-state index < -0.39 is 6.04 Å². The standard InChI is InChI=1S/C29H19ClN4O2/c1-17-26-27(22-16-36-24-9-5-3-7-21(24)28(22)35)33-23-8-4-2-6-18(23)10-15-25(33)31-29(26)34(32-17)20-13-11-19(30)12-14-20/h2-16,27H,1H3/t27-/m0/s1. The van der Waals surface area contributed by atoms with Gasteiger partial charge in [0.15, 0.2) is 11.2 Å². The predicted molar refractivity (Wildman–Crippen MR) is 143 cm³/mol. The molecule has 7 heteroatoms. The third-order valence-corrected chi connectivity index (χ3v) is 7.01. The average Bonchev–Trinajstić information content (AvgIpc) is 3.24. The van der Waals surface area contributed by atoms with E-state index in [1.54, 1.807) is 12.3 Å². The van der Waals surface area contributed by atoms with E-state index in [2.05, 4.69) is 11.0 Å². The molecule has 0 bridgehead atoms. The minimum absolute atomic E-state index is 0.0697. The van der Waals surface area contributed by atoms with Crippen LogP contribution >= 0.6 is 11.6 Å². The van der Waals surface area contributed by atoms with Gasteiger partial charge in [-0.05, 0) is 67.1 Å². The zero-order valence-corrected chi connectivity index (χ0v) is 20.0. The van der Waals surface area contributed by atoms with Crippen LogP contribution in [0, 0.1) is 6.92 Å². The summed E-state index contributed by atoms with van der Waals surface area (Å²) in [6, 6.07) is 22.4. The van der Waals surface area contributed by atoms with Crippen molar-refractivity contribution in [1.82, 2.24) is 9.78 Å². The van der Waals surface area contributed by atoms with E-state index in [0.717, 1.165) is 34.0 Å². The number of nitrogens with zero attached hydrogens (tertiary/aromatic N) is 4. The first-order valence-corrected chi connectivity index (χ1v) is 12.0. The highest BCUT2D eigenvalue weighted by molar-refractivity contribution is 6.30. The van der Waals surface area contributed by atoms with Crippen LogP contribution in [0.5, 0.6) is 0 Å². The summed E-state index contributed by atoms with van der Waals surface area (Å²) in [5.74, 6) is 1.41. The van der Waals surface area contributed by atoms with E-state index in [9.17, 15) is 4.79 Å². The summed E-state index contributed by atoms with van der Waals surface area (Å²) in [4.78, 5) is 21.0. The molecule has 0 radical (unpaired) electrons. The molecule has 2 aliphatic heterocycles. The van der Waals surface area contributed by atoms with Crippen LogP contribution in [0.25, 0.3) is 22.7 Å². The van der Waals surface area contributed by atoms with Gasteiger partial charge < -0.3 is 9.32 Å². The van der Waals surface area contributed by atoms with Gasteiger partial charge in [0.05, 0.1) is 34.1 Å². The van der Waals surface area contributed by atoms with Gasteiger partial charge in [-0.25, -0.2) is 9.67 Å². The van der Waals surface area contributed by atoms with E-state index in [1.807, 2.05) is 84.4 Å². The van der Waals surface area contributed by atoms with Gasteiger partial charge in [-0.2, -0.15) is 5.10 Å². The molecule has 0 saturated carbocycles. The maximum atomic E-state index is 13.9. The van der Waals surface area contributed by atoms with Crippen LogP contribution in [0.4, 0.5) is 11.5 Å². The van der Waals surface area contributed by atoms with E-state index in [4.69, 9.17) is 26.1 Å². The molecule has 0 amide bonds. The van der Waals surface area contributed by atoms with Crippen molar-refractivity contribution in [1.29, 1.82) is 0 Å². The molecule has 174 valence electrons. The molecule has 2 aliphatic rings. The minimum Gasteiger partial charge on any atom is -0.464 e. The molecule has 5 aromatic rings. The number of hydrogen-bond acceptors (Lipinski definition) is 5. The highest BCUT2D eigenvalue weighted by atomic mass is 35.5. The summed E-state index contributed by atoms with van der Waals surface area (Å²) in [6.45, 7) is 1.95. The lowest BCUT2D eigenvalue weighted by Gasteiger charge is -2.38. The number of amidine groups is 1. The number of halogens is 1. The maximum Gasteiger partial charge on any atom is 0.198 e. The Bertz CT molecular complexity index is 1800.